The highest BCUT2D eigenvalue weighted by Crippen LogP contribution is 2.31. The fraction of sp³-hybridized carbons (Fsp3) is 0.500. The summed E-state index contributed by atoms with van der Waals surface area (Å²) in [7, 11) is 0. The molecule has 11 heteroatoms. The molecule has 43 heavy (non-hydrogen) atoms. The van der Waals surface area contributed by atoms with Gasteiger partial charge in [-0.2, -0.15) is 12.6 Å². The maximum absolute atomic E-state index is 14.2. The molecule has 236 valence electrons. The monoisotopic (exact) mass is 615 g/mol. The van der Waals surface area contributed by atoms with E-state index in [1.165, 1.54) is 17.0 Å². The van der Waals surface area contributed by atoms with Crippen LogP contribution >= 0.6 is 12.6 Å². The van der Waals surface area contributed by atoms with Gasteiger partial charge < -0.3 is 30.1 Å². The summed E-state index contributed by atoms with van der Waals surface area (Å²) < 4.78 is 10.9. The van der Waals surface area contributed by atoms with Crippen LogP contribution in [0.25, 0.3) is 0 Å². The molecule has 0 bridgehead atoms. The number of aromatic hydroxyl groups is 1. The minimum absolute atomic E-state index is 0.0923. The number of esters is 1. The Balaban J connectivity index is 2.55. The molecule has 2 aromatic carbocycles. The Hall–Kier alpha value is -3.73. The van der Waals surface area contributed by atoms with Crippen LogP contribution in [0.2, 0.25) is 0 Å². The highest BCUT2D eigenvalue weighted by Gasteiger charge is 2.40. The Kier molecular flexibility index (Phi) is 12.5. The van der Waals surface area contributed by atoms with Gasteiger partial charge in [-0.25, -0.2) is 9.59 Å². The minimum atomic E-state index is -1.38. The van der Waals surface area contributed by atoms with Gasteiger partial charge in [0, 0.05) is 23.8 Å². The Morgan fingerprint density at radius 2 is 1.40 bits per heavy atom. The molecule has 0 spiro atoms. The number of carbonyl (C=O) groups excluding carboxylic acids is 4. The summed E-state index contributed by atoms with van der Waals surface area (Å²) in [6.45, 7) is 13.7. The normalized spacial score (nSPS) is 13.8. The van der Waals surface area contributed by atoms with Crippen LogP contribution in [-0.4, -0.2) is 69.0 Å². The standard InChI is InChI=1S/C32H45N3O7S/c1-20(2)35(28(38)24(19-43)34-30(40)42-32(6,7)8)26(22-16-12-13-17-25(22)36)27(37)33-23(29(39)41-31(3,4)5)18-21-14-10-9-11-15-21/h9-17,20,23-24,26,36,43H,18-19H2,1-8H3,(H,33,37)(H,34,40). The van der Waals surface area contributed by atoms with Gasteiger partial charge in [0.2, 0.25) is 11.8 Å². The second-order valence-corrected chi connectivity index (χ2v) is 12.8. The van der Waals surface area contributed by atoms with Crippen LogP contribution < -0.4 is 10.6 Å². The molecule has 0 radical (unpaired) electrons. The predicted octanol–water partition coefficient (Wildman–Crippen LogP) is 4.56. The van der Waals surface area contributed by atoms with Crippen molar-refractivity contribution in [3.8, 4) is 5.75 Å². The number of nitrogens with zero attached hydrogens (tertiary/aromatic N) is 1. The summed E-state index contributed by atoms with van der Waals surface area (Å²) in [5, 5.41) is 16.1. The van der Waals surface area contributed by atoms with E-state index in [9.17, 15) is 24.3 Å². The van der Waals surface area contributed by atoms with Crippen LogP contribution in [0.4, 0.5) is 4.79 Å². The second-order valence-electron chi connectivity index (χ2n) is 12.5. The largest absolute Gasteiger partial charge is 0.508 e. The number of nitrogens with one attached hydrogen (secondary N) is 2. The lowest BCUT2D eigenvalue weighted by Crippen LogP contribution is -2.57. The van der Waals surface area contributed by atoms with Crippen molar-refractivity contribution in [1.29, 1.82) is 0 Å². The molecule has 0 heterocycles. The molecule has 2 rings (SSSR count). The van der Waals surface area contributed by atoms with Gasteiger partial charge in [-0.05, 0) is 67.0 Å². The summed E-state index contributed by atoms with van der Waals surface area (Å²) in [6, 6.07) is 11.1. The molecule has 0 fully saturated rings. The van der Waals surface area contributed by atoms with E-state index in [4.69, 9.17) is 9.47 Å². The molecule has 0 aliphatic rings. The molecule has 0 saturated carbocycles. The molecule has 3 amide bonds. The van der Waals surface area contributed by atoms with E-state index in [1.54, 1.807) is 67.5 Å². The van der Waals surface area contributed by atoms with Gasteiger partial charge in [0.15, 0.2) is 0 Å². The molecule has 0 saturated heterocycles. The topological polar surface area (TPSA) is 134 Å². The fourth-order valence-corrected chi connectivity index (χ4v) is 4.55. The average molecular weight is 616 g/mol. The third kappa shape index (κ3) is 11.1. The fourth-order valence-electron chi connectivity index (χ4n) is 4.30. The first-order valence-corrected chi connectivity index (χ1v) is 14.8. The smallest absolute Gasteiger partial charge is 0.408 e. The van der Waals surface area contributed by atoms with Crippen LogP contribution in [0.15, 0.2) is 54.6 Å². The van der Waals surface area contributed by atoms with E-state index in [2.05, 4.69) is 23.3 Å². The molecule has 3 unspecified atom stereocenters. The predicted molar refractivity (Wildman–Crippen MR) is 168 cm³/mol. The summed E-state index contributed by atoms with van der Waals surface area (Å²) in [5.41, 5.74) is -0.702. The van der Waals surface area contributed by atoms with Crippen molar-refractivity contribution < 1.29 is 33.8 Å². The molecule has 10 nitrogen and oxygen atoms in total. The van der Waals surface area contributed by atoms with E-state index < -0.39 is 59.2 Å². The van der Waals surface area contributed by atoms with Crippen molar-refractivity contribution in [2.75, 3.05) is 5.75 Å². The third-order valence-electron chi connectivity index (χ3n) is 6.03. The van der Waals surface area contributed by atoms with Gasteiger partial charge >= 0.3 is 12.1 Å². The lowest BCUT2D eigenvalue weighted by Gasteiger charge is -2.37. The molecule has 0 aromatic heterocycles. The van der Waals surface area contributed by atoms with Gasteiger partial charge in [0.1, 0.15) is 35.1 Å². The highest BCUT2D eigenvalue weighted by molar-refractivity contribution is 7.80. The third-order valence-corrected chi connectivity index (χ3v) is 6.40. The van der Waals surface area contributed by atoms with Crippen LogP contribution in [0.5, 0.6) is 5.75 Å². The zero-order valence-electron chi connectivity index (χ0n) is 26.2. The number of alkyl carbamates (subject to hydrolysis) is 1. The number of thiol groups is 1. The van der Waals surface area contributed by atoms with E-state index in [0.717, 1.165) is 5.56 Å². The number of hydrogen-bond donors (Lipinski definition) is 4. The first-order chi connectivity index (χ1) is 19.9. The van der Waals surface area contributed by atoms with E-state index in [1.807, 2.05) is 30.3 Å². The minimum Gasteiger partial charge on any atom is -0.508 e. The van der Waals surface area contributed by atoms with Gasteiger partial charge in [-0.3, -0.25) is 9.59 Å². The quantitative estimate of drug-likeness (QED) is 0.215. The van der Waals surface area contributed by atoms with Crippen molar-refractivity contribution in [2.45, 2.75) is 97.2 Å². The van der Waals surface area contributed by atoms with Crippen LogP contribution in [0.3, 0.4) is 0 Å². The molecular formula is C32H45N3O7S. The van der Waals surface area contributed by atoms with Crippen molar-refractivity contribution in [3.05, 3.63) is 65.7 Å². The van der Waals surface area contributed by atoms with Gasteiger partial charge in [-0.15, -0.1) is 0 Å². The first-order valence-electron chi connectivity index (χ1n) is 14.2. The number of phenolic OH excluding ortho intramolecular Hbond substituents is 1. The van der Waals surface area contributed by atoms with Crippen molar-refractivity contribution in [2.24, 2.45) is 0 Å². The van der Waals surface area contributed by atoms with Crippen molar-refractivity contribution in [3.63, 3.8) is 0 Å². The Morgan fingerprint density at radius 3 is 1.91 bits per heavy atom. The summed E-state index contributed by atoms with van der Waals surface area (Å²) >= 11 is 4.28. The number of benzene rings is 2. The number of carbonyl (C=O) groups is 4. The maximum Gasteiger partial charge on any atom is 0.408 e. The number of amides is 3. The lowest BCUT2D eigenvalue weighted by molar-refractivity contribution is -0.159. The van der Waals surface area contributed by atoms with Crippen molar-refractivity contribution in [1.82, 2.24) is 15.5 Å². The Bertz CT molecular complexity index is 1260. The zero-order chi connectivity index (χ0) is 32.5. The average Bonchev–Trinajstić information content (AvgIpc) is 2.88. The number of hydrogen-bond acceptors (Lipinski definition) is 8. The van der Waals surface area contributed by atoms with Gasteiger partial charge in [0.05, 0.1) is 0 Å². The lowest BCUT2D eigenvalue weighted by atomic mass is 9.99. The summed E-state index contributed by atoms with van der Waals surface area (Å²) in [6.07, 6.45) is -0.690. The number of phenols is 1. The van der Waals surface area contributed by atoms with E-state index >= 15 is 0 Å². The van der Waals surface area contributed by atoms with Crippen LogP contribution in [0.1, 0.15) is 72.6 Å². The molecule has 3 atom stereocenters. The van der Waals surface area contributed by atoms with Crippen molar-refractivity contribution >= 4 is 36.5 Å². The number of ether oxygens (including phenoxy) is 2. The Morgan fingerprint density at radius 1 is 0.837 bits per heavy atom. The van der Waals surface area contributed by atoms with Gasteiger partial charge in [0.25, 0.3) is 0 Å². The molecule has 0 aliphatic heterocycles. The highest BCUT2D eigenvalue weighted by atomic mass is 32.1. The Labute approximate surface area is 259 Å². The second kappa shape index (κ2) is 15.1. The molecule has 2 aromatic rings. The summed E-state index contributed by atoms with van der Waals surface area (Å²) in [5.74, 6) is -2.31. The van der Waals surface area contributed by atoms with E-state index in [-0.39, 0.29) is 23.5 Å². The van der Waals surface area contributed by atoms with Gasteiger partial charge in [-0.1, -0.05) is 48.5 Å². The first kappa shape index (κ1) is 35.5. The maximum atomic E-state index is 14.2. The number of para-hydroxylation sites is 1. The molecule has 0 aliphatic carbocycles. The zero-order valence-corrected chi connectivity index (χ0v) is 27.1. The molecular weight excluding hydrogens is 570 g/mol. The van der Waals surface area contributed by atoms with Crippen LogP contribution in [-0.2, 0) is 30.3 Å². The number of rotatable bonds is 11. The van der Waals surface area contributed by atoms with E-state index in [0.29, 0.717) is 0 Å². The molecule has 3 N–H and O–H groups in total. The summed E-state index contributed by atoms with van der Waals surface area (Å²) in [4.78, 5) is 55.3. The van der Waals surface area contributed by atoms with Crippen LogP contribution in [0, 0.1) is 0 Å². The SMILES string of the molecule is CC(C)N(C(=O)C(CS)NC(=O)OC(C)(C)C)C(C(=O)NC(Cc1ccccc1)C(=O)OC(C)(C)C)c1ccccc1O.